The van der Waals surface area contributed by atoms with Crippen LogP contribution >= 0.6 is 0 Å². The molecule has 2 aromatic carbocycles. The topological polar surface area (TPSA) is 57.2 Å². The summed E-state index contributed by atoms with van der Waals surface area (Å²) in [5, 5.41) is 2.88. The number of urea groups is 1. The number of fused-ring (bicyclic) bond motifs is 2. The molecule has 0 atom stereocenters. The standard InChI is InChI=1S/C23H25F3N4O2/c1-14(2)27-22(31)30-10-8-29(9-11-30)21-17-12-15(3)4-6-19(17)32-20-7-5-16(23(24,25)26)13-18(20)28-21/h4-7,12-14H,8-11H2,1-3H3,(H,27,31). The number of benzene rings is 2. The number of halogens is 3. The highest BCUT2D eigenvalue weighted by Gasteiger charge is 2.33. The Morgan fingerprint density at radius 1 is 1.06 bits per heavy atom. The summed E-state index contributed by atoms with van der Waals surface area (Å²) in [5.41, 5.74) is 1.05. The fourth-order valence-corrected chi connectivity index (χ4v) is 3.77. The van der Waals surface area contributed by atoms with Crippen LogP contribution in [0, 0.1) is 6.92 Å². The van der Waals surface area contributed by atoms with Gasteiger partial charge in [-0.15, -0.1) is 0 Å². The molecule has 6 nitrogen and oxygen atoms in total. The number of hydrogen-bond donors (Lipinski definition) is 1. The molecule has 9 heteroatoms. The Kier molecular flexibility index (Phi) is 5.75. The molecule has 2 aliphatic heterocycles. The molecule has 0 bridgehead atoms. The molecule has 1 N–H and O–H groups in total. The van der Waals surface area contributed by atoms with E-state index in [4.69, 9.17) is 4.74 Å². The van der Waals surface area contributed by atoms with Gasteiger partial charge < -0.3 is 19.9 Å². The van der Waals surface area contributed by atoms with E-state index in [0.717, 1.165) is 23.3 Å². The highest BCUT2D eigenvalue weighted by Crippen LogP contribution is 2.42. The molecule has 2 amide bonds. The maximum atomic E-state index is 13.3. The zero-order valence-corrected chi connectivity index (χ0v) is 18.2. The lowest BCUT2D eigenvalue weighted by Crippen LogP contribution is -2.54. The molecular weight excluding hydrogens is 421 g/mol. The van der Waals surface area contributed by atoms with Gasteiger partial charge in [-0.05, 0) is 51.1 Å². The first kappa shape index (κ1) is 22.0. The van der Waals surface area contributed by atoms with E-state index in [-0.39, 0.29) is 23.5 Å². The number of rotatable bonds is 1. The van der Waals surface area contributed by atoms with Crippen molar-refractivity contribution in [3.8, 4) is 11.5 Å². The van der Waals surface area contributed by atoms with Crippen LogP contribution in [0.1, 0.15) is 30.5 Å². The zero-order valence-electron chi connectivity index (χ0n) is 18.2. The number of carbonyl (C=O) groups is 1. The normalized spacial score (nSPS) is 16.0. The first-order valence-electron chi connectivity index (χ1n) is 10.5. The third-order valence-electron chi connectivity index (χ3n) is 5.39. The van der Waals surface area contributed by atoms with Crippen molar-refractivity contribution in [2.24, 2.45) is 4.99 Å². The minimum absolute atomic E-state index is 0.0399. The molecule has 4 rings (SSSR count). The fraction of sp³-hybridized carbons (Fsp3) is 0.391. The summed E-state index contributed by atoms with van der Waals surface area (Å²) < 4.78 is 45.8. The Balaban J connectivity index is 1.69. The van der Waals surface area contributed by atoms with Crippen LogP contribution in [0.15, 0.2) is 41.4 Å². The van der Waals surface area contributed by atoms with Crippen molar-refractivity contribution < 1.29 is 22.7 Å². The van der Waals surface area contributed by atoms with Gasteiger partial charge in [0.15, 0.2) is 5.75 Å². The van der Waals surface area contributed by atoms with Crippen molar-refractivity contribution in [1.29, 1.82) is 0 Å². The second kappa shape index (κ2) is 8.37. The maximum absolute atomic E-state index is 13.3. The number of aliphatic imine (C=N–C) groups is 1. The lowest BCUT2D eigenvalue weighted by molar-refractivity contribution is -0.137. The third-order valence-corrected chi connectivity index (χ3v) is 5.39. The van der Waals surface area contributed by atoms with Gasteiger partial charge in [-0.25, -0.2) is 9.79 Å². The van der Waals surface area contributed by atoms with Gasteiger partial charge in [-0.3, -0.25) is 0 Å². The van der Waals surface area contributed by atoms with E-state index >= 15 is 0 Å². The van der Waals surface area contributed by atoms with Gasteiger partial charge in [0.25, 0.3) is 0 Å². The second-order valence-electron chi connectivity index (χ2n) is 8.30. The van der Waals surface area contributed by atoms with E-state index in [9.17, 15) is 18.0 Å². The van der Waals surface area contributed by atoms with Crippen LogP contribution in [0.2, 0.25) is 0 Å². The van der Waals surface area contributed by atoms with Crippen LogP contribution in [0.5, 0.6) is 11.5 Å². The highest BCUT2D eigenvalue weighted by molar-refractivity contribution is 6.04. The van der Waals surface area contributed by atoms with Gasteiger partial charge in [0.05, 0.1) is 11.1 Å². The Hall–Kier alpha value is -3.23. The molecule has 1 fully saturated rings. The number of nitrogens with one attached hydrogen (secondary N) is 1. The first-order valence-corrected chi connectivity index (χ1v) is 10.5. The number of amides is 2. The largest absolute Gasteiger partial charge is 0.454 e. The van der Waals surface area contributed by atoms with Crippen LogP contribution in [0.25, 0.3) is 0 Å². The Morgan fingerprint density at radius 2 is 1.75 bits per heavy atom. The summed E-state index contributed by atoms with van der Waals surface area (Å²) >= 11 is 0. The maximum Gasteiger partial charge on any atom is 0.416 e. The van der Waals surface area contributed by atoms with E-state index in [1.807, 2.05) is 37.8 Å². The molecule has 170 valence electrons. The van der Waals surface area contributed by atoms with Crippen molar-refractivity contribution in [3.63, 3.8) is 0 Å². The minimum Gasteiger partial charge on any atom is -0.454 e. The van der Waals surface area contributed by atoms with E-state index in [1.54, 1.807) is 11.0 Å². The van der Waals surface area contributed by atoms with E-state index in [2.05, 4.69) is 10.3 Å². The van der Waals surface area contributed by atoms with Gasteiger partial charge in [-0.1, -0.05) is 11.6 Å². The lowest BCUT2D eigenvalue weighted by Gasteiger charge is -2.36. The number of ether oxygens (including phenoxy) is 1. The Morgan fingerprint density at radius 3 is 2.41 bits per heavy atom. The molecular formula is C23H25F3N4O2. The molecule has 2 aliphatic rings. The van der Waals surface area contributed by atoms with Crippen molar-refractivity contribution >= 4 is 17.6 Å². The van der Waals surface area contributed by atoms with E-state index in [0.29, 0.717) is 37.8 Å². The number of aryl methyl sites for hydroxylation is 1. The van der Waals surface area contributed by atoms with Gasteiger partial charge >= 0.3 is 12.2 Å². The molecule has 2 aromatic rings. The number of hydrogen-bond acceptors (Lipinski definition) is 4. The summed E-state index contributed by atoms with van der Waals surface area (Å²) in [6, 6.07) is 8.85. The van der Waals surface area contributed by atoms with Crippen molar-refractivity contribution in [3.05, 3.63) is 53.1 Å². The summed E-state index contributed by atoms with van der Waals surface area (Å²) in [4.78, 5) is 20.7. The number of alkyl halides is 3. The van der Waals surface area contributed by atoms with E-state index in [1.165, 1.54) is 6.07 Å². The van der Waals surface area contributed by atoms with Gasteiger partial charge in [0.2, 0.25) is 0 Å². The SMILES string of the molecule is Cc1ccc2c(c1)C(N1CCN(C(=O)NC(C)C)CC1)=Nc1cc(C(F)(F)F)ccc1O2. The molecule has 0 unspecified atom stereocenters. The van der Waals surface area contributed by atoms with Crippen LogP contribution in [0.4, 0.5) is 23.7 Å². The summed E-state index contributed by atoms with van der Waals surface area (Å²) in [6.07, 6.45) is -4.48. The first-order chi connectivity index (χ1) is 15.1. The summed E-state index contributed by atoms with van der Waals surface area (Å²) in [6.45, 7) is 7.72. The highest BCUT2D eigenvalue weighted by atomic mass is 19.4. The molecule has 32 heavy (non-hydrogen) atoms. The van der Waals surface area contributed by atoms with Crippen molar-refractivity contribution in [2.45, 2.75) is 33.0 Å². The average molecular weight is 446 g/mol. The average Bonchev–Trinajstić information content (AvgIpc) is 2.88. The monoisotopic (exact) mass is 446 g/mol. The Bertz CT molecular complexity index is 1060. The molecule has 2 heterocycles. The third kappa shape index (κ3) is 4.51. The van der Waals surface area contributed by atoms with Crippen molar-refractivity contribution in [2.75, 3.05) is 26.2 Å². The van der Waals surface area contributed by atoms with Crippen molar-refractivity contribution in [1.82, 2.24) is 15.1 Å². The number of amidine groups is 1. The van der Waals surface area contributed by atoms with Crippen LogP contribution in [-0.4, -0.2) is 53.9 Å². The number of piperazine rings is 1. The molecule has 0 aromatic heterocycles. The molecule has 1 saturated heterocycles. The molecule has 0 aliphatic carbocycles. The van der Waals surface area contributed by atoms with Gasteiger partial charge in [0.1, 0.15) is 17.3 Å². The summed E-state index contributed by atoms with van der Waals surface area (Å²) in [5.74, 6) is 1.35. The van der Waals surface area contributed by atoms with Crippen LogP contribution < -0.4 is 10.1 Å². The van der Waals surface area contributed by atoms with Gasteiger partial charge in [0, 0.05) is 32.2 Å². The molecule has 0 spiro atoms. The summed E-state index contributed by atoms with van der Waals surface area (Å²) in [7, 11) is 0. The quantitative estimate of drug-likeness (QED) is 0.676. The minimum atomic E-state index is -4.48. The smallest absolute Gasteiger partial charge is 0.416 e. The second-order valence-corrected chi connectivity index (χ2v) is 8.30. The molecule has 0 radical (unpaired) electrons. The zero-order chi connectivity index (χ0) is 23.0. The number of nitrogens with zero attached hydrogens (tertiary/aromatic N) is 3. The lowest BCUT2D eigenvalue weighted by atomic mass is 10.1. The van der Waals surface area contributed by atoms with Crippen LogP contribution in [-0.2, 0) is 6.18 Å². The Labute approximate surface area is 184 Å². The van der Waals surface area contributed by atoms with Crippen LogP contribution in [0.3, 0.4) is 0 Å². The predicted molar refractivity (Wildman–Crippen MR) is 116 cm³/mol. The predicted octanol–water partition coefficient (Wildman–Crippen LogP) is 4.93. The number of carbonyl (C=O) groups excluding carboxylic acids is 1. The van der Waals surface area contributed by atoms with Gasteiger partial charge in [-0.2, -0.15) is 13.2 Å². The fourth-order valence-electron chi connectivity index (χ4n) is 3.77. The molecule has 0 saturated carbocycles. The van der Waals surface area contributed by atoms with E-state index < -0.39 is 11.7 Å².